The molecule has 2 aromatic rings. The van der Waals surface area contributed by atoms with Crippen molar-refractivity contribution in [2.75, 3.05) is 0 Å². The third-order valence-electron chi connectivity index (χ3n) is 2.47. The summed E-state index contributed by atoms with van der Waals surface area (Å²) in [6.45, 7) is 0. The van der Waals surface area contributed by atoms with E-state index in [0.717, 1.165) is 17.5 Å². The van der Waals surface area contributed by atoms with Crippen LogP contribution < -0.4 is 5.32 Å². The van der Waals surface area contributed by atoms with Crippen molar-refractivity contribution in [3.63, 3.8) is 0 Å². The third-order valence-corrected chi connectivity index (χ3v) is 3.29. The number of carbonyl (C=O) groups is 2. The van der Waals surface area contributed by atoms with Crippen LogP contribution >= 0.6 is 11.3 Å². The lowest BCUT2D eigenvalue weighted by Crippen LogP contribution is -2.20. The summed E-state index contributed by atoms with van der Waals surface area (Å²) in [4.78, 5) is 26.9. The van der Waals surface area contributed by atoms with Gasteiger partial charge >= 0.3 is 0 Å². The van der Waals surface area contributed by atoms with Crippen LogP contribution in [0.4, 0.5) is 4.39 Å². The molecule has 0 fully saturated rings. The van der Waals surface area contributed by atoms with Crippen LogP contribution in [0, 0.1) is 5.13 Å². The van der Waals surface area contributed by atoms with Crippen LogP contribution in [-0.4, -0.2) is 16.8 Å². The maximum atomic E-state index is 12.9. The van der Waals surface area contributed by atoms with Gasteiger partial charge in [0.2, 0.25) is 0 Å². The van der Waals surface area contributed by atoms with Crippen molar-refractivity contribution in [2.24, 2.45) is 0 Å². The fourth-order valence-electron chi connectivity index (χ4n) is 1.78. The molecule has 0 unspecified atom stereocenters. The molecule has 0 aliphatic carbocycles. The van der Waals surface area contributed by atoms with E-state index < -0.39 is 16.9 Å². The molecular weight excluding hydrogens is 243 g/mol. The van der Waals surface area contributed by atoms with E-state index in [9.17, 15) is 14.0 Å². The highest BCUT2D eigenvalue weighted by atomic mass is 32.1. The average molecular weight is 248 g/mol. The Labute approximate surface area is 99.1 Å². The molecule has 84 valence electrons. The summed E-state index contributed by atoms with van der Waals surface area (Å²) in [6, 6.07) is 4.85. The fraction of sp³-hybridized carbons (Fsp3) is 0. The Hall–Kier alpha value is -2.08. The van der Waals surface area contributed by atoms with E-state index in [1.807, 2.05) is 0 Å². The van der Waals surface area contributed by atoms with Gasteiger partial charge in [0.15, 0.2) is 5.13 Å². The second-order valence-electron chi connectivity index (χ2n) is 3.48. The van der Waals surface area contributed by atoms with Gasteiger partial charge in [-0.2, -0.15) is 4.39 Å². The molecule has 0 bridgehead atoms. The van der Waals surface area contributed by atoms with Gasteiger partial charge in [0, 0.05) is 5.56 Å². The maximum absolute atomic E-state index is 12.9. The molecule has 3 rings (SSSR count). The van der Waals surface area contributed by atoms with Crippen molar-refractivity contribution in [3.8, 4) is 10.6 Å². The minimum Gasteiger partial charge on any atom is -0.288 e. The number of imide groups is 1. The fourth-order valence-corrected chi connectivity index (χ4v) is 2.45. The lowest BCUT2D eigenvalue weighted by Gasteiger charge is -2.01. The Morgan fingerprint density at radius 2 is 1.94 bits per heavy atom. The highest BCUT2D eigenvalue weighted by molar-refractivity contribution is 7.13. The summed E-state index contributed by atoms with van der Waals surface area (Å²) in [5, 5.41) is 2.17. The summed E-state index contributed by atoms with van der Waals surface area (Å²) in [5.74, 6) is -0.889. The highest BCUT2D eigenvalue weighted by Crippen LogP contribution is 2.31. The molecule has 0 atom stereocenters. The van der Waals surface area contributed by atoms with Crippen molar-refractivity contribution in [1.29, 1.82) is 0 Å². The monoisotopic (exact) mass is 248 g/mol. The molecule has 0 spiro atoms. The number of hydrogen-bond acceptors (Lipinski definition) is 4. The molecule has 0 saturated carbocycles. The molecule has 1 aromatic heterocycles. The summed E-state index contributed by atoms with van der Waals surface area (Å²) < 4.78 is 12.9. The molecule has 17 heavy (non-hydrogen) atoms. The second-order valence-corrected chi connectivity index (χ2v) is 4.46. The SMILES string of the molecule is O=C1NC(=O)c2c1cccc2-c1ncc(F)s1. The Morgan fingerprint density at radius 3 is 2.65 bits per heavy atom. The number of rotatable bonds is 1. The first-order valence-electron chi connectivity index (χ1n) is 4.77. The van der Waals surface area contributed by atoms with Crippen LogP contribution in [0.2, 0.25) is 0 Å². The quantitative estimate of drug-likeness (QED) is 0.783. The topological polar surface area (TPSA) is 59.1 Å². The minimum atomic E-state index is -0.462. The van der Waals surface area contributed by atoms with E-state index in [1.165, 1.54) is 0 Å². The Morgan fingerprint density at radius 1 is 1.18 bits per heavy atom. The number of aromatic nitrogens is 1. The van der Waals surface area contributed by atoms with Crippen LogP contribution in [0.3, 0.4) is 0 Å². The van der Waals surface area contributed by atoms with E-state index in [1.54, 1.807) is 18.2 Å². The van der Waals surface area contributed by atoms with E-state index in [4.69, 9.17) is 0 Å². The van der Waals surface area contributed by atoms with Crippen molar-refractivity contribution < 1.29 is 14.0 Å². The first-order valence-corrected chi connectivity index (χ1v) is 5.59. The predicted octanol–water partition coefficient (Wildman–Crippen LogP) is 1.83. The van der Waals surface area contributed by atoms with Gasteiger partial charge in [0.1, 0.15) is 5.01 Å². The van der Waals surface area contributed by atoms with Gasteiger partial charge in [0.05, 0.1) is 17.3 Å². The largest absolute Gasteiger partial charge is 0.288 e. The van der Waals surface area contributed by atoms with Gasteiger partial charge in [-0.1, -0.05) is 23.5 Å². The van der Waals surface area contributed by atoms with Gasteiger partial charge in [-0.15, -0.1) is 0 Å². The molecular formula is C11H5FN2O2S. The molecule has 1 aromatic carbocycles. The first kappa shape index (κ1) is 10.1. The average Bonchev–Trinajstić information content (AvgIpc) is 2.85. The summed E-state index contributed by atoms with van der Waals surface area (Å²) >= 11 is 0.841. The van der Waals surface area contributed by atoms with Crippen LogP contribution in [0.1, 0.15) is 20.7 Å². The number of thiazole rings is 1. The first-order chi connectivity index (χ1) is 8.16. The summed E-state index contributed by atoms with van der Waals surface area (Å²) in [6.07, 6.45) is 1.09. The molecule has 4 nitrogen and oxygen atoms in total. The minimum absolute atomic E-state index is 0.270. The zero-order valence-corrected chi connectivity index (χ0v) is 9.18. The number of hydrogen-bond donors (Lipinski definition) is 1. The number of fused-ring (bicyclic) bond motifs is 1. The van der Waals surface area contributed by atoms with Gasteiger partial charge < -0.3 is 0 Å². The zero-order chi connectivity index (χ0) is 12.0. The van der Waals surface area contributed by atoms with Crippen LogP contribution in [0.15, 0.2) is 24.4 Å². The van der Waals surface area contributed by atoms with Gasteiger partial charge in [0.25, 0.3) is 11.8 Å². The van der Waals surface area contributed by atoms with Crippen LogP contribution in [0.5, 0.6) is 0 Å². The van der Waals surface area contributed by atoms with Gasteiger partial charge in [-0.25, -0.2) is 4.98 Å². The lowest BCUT2D eigenvalue weighted by molar-refractivity contribution is 0.0880. The van der Waals surface area contributed by atoms with E-state index in [2.05, 4.69) is 10.3 Å². The van der Waals surface area contributed by atoms with Gasteiger partial charge in [-0.05, 0) is 6.07 Å². The molecule has 1 aliphatic heterocycles. The zero-order valence-electron chi connectivity index (χ0n) is 8.36. The molecule has 6 heteroatoms. The predicted molar refractivity (Wildman–Crippen MR) is 59.3 cm³/mol. The Balaban J connectivity index is 2.26. The van der Waals surface area contributed by atoms with Crippen LogP contribution in [-0.2, 0) is 0 Å². The highest BCUT2D eigenvalue weighted by Gasteiger charge is 2.30. The number of nitrogens with one attached hydrogen (secondary N) is 1. The third kappa shape index (κ3) is 1.45. The van der Waals surface area contributed by atoms with Crippen LogP contribution in [0.25, 0.3) is 10.6 Å². The number of amides is 2. The smallest absolute Gasteiger partial charge is 0.259 e. The van der Waals surface area contributed by atoms with E-state index in [-0.39, 0.29) is 5.56 Å². The summed E-state index contributed by atoms with van der Waals surface area (Å²) in [7, 11) is 0. The van der Waals surface area contributed by atoms with E-state index in [0.29, 0.717) is 16.1 Å². The number of halogens is 1. The van der Waals surface area contributed by atoms with E-state index >= 15 is 0 Å². The standard InChI is InChI=1S/C11H5FN2O2S/c12-7-4-13-11(17-7)6-3-1-2-5-8(6)10(16)14-9(5)15/h1-4H,(H,14,15,16). The van der Waals surface area contributed by atoms with Crippen molar-refractivity contribution in [2.45, 2.75) is 0 Å². The maximum Gasteiger partial charge on any atom is 0.259 e. The Bertz CT molecular complexity index is 651. The molecule has 2 heterocycles. The van der Waals surface area contributed by atoms with Crippen molar-refractivity contribution in [1.82, 2.24) is 10.3 Å². The normalized spacial score (nSPS) is 13.7. The van der Waals surface area contributed by atoms with Crippen molar-refractivity contribution in [3.05, 3.63) is 40.7 Å². The lowest BCUT2D eigenvalue weighted by atomic mass is 10.0. The van der Waals surface area contributed by atoms with Gasteiger partial charge in [-0.3, -0.25) is 14.9 Å². The molecule has 2 amide bonds. The van der Waals surface area contributed by atoms with Crippen molar-refractivity contribution >= 4 is 23.2 Å². The number of benzene rings is 1. The number of carbonyl (C=O) groups excluding carboxylic acids is 2. The number of nitrogens with zero attached hydrogens (tertiary/aromatic N) is 1. The molecule has 1 aliphatic rings. The Kier molecular flexibility index (Phi) is 2.05. The summed E-state index contributed by atoms with van der Waals surface area (Å²) in [5.41, 5.74) is 1.06. The second kappa shape index (κ2) is 3.46. The molecule has 0 radical (unpaired) electrons. The molecule has 0 saturated heterocycles. The molecule has 1 N–H and O–H groups in total.